The van der Waals surface area contributed by atoms with Gasteiger partial charge in [0.05, 0.1) is 5.75 Å². The first-order chi connectivity index (χ1) is 4.58. The van der Waals surface area contributed by atoms with Gasteiger partial charge in [0.15, 0.2) is 0 Å². The normalized spacial score (nSPS) is 20.1. The molecule has 1 aliphatic rings. The fourth-order valence-corrected chi connectivity index (χ4v) is 1.21. The summed E-state index contributed by atoms with van der Waals surface area (Å²) in [6.07, 6.45) is 5.93. The van der Waals surface area contributed by atoms with E-state index in [9.17, 15) is 8.42 Å². The first-order valence-corrected chi connectivity index (χ1v) is 5.65. The van der Waals surface area contributed by atoms with Crippen LogP contribution in [-0.4, -0.2) is 14.2 Å². The average molecular weight is 181 g/mol. The van der Waals surface area contributed by atoms with Gasteiger partial charge in [-0.25, -0.2) is 8.42 Å². The minimum atomic E-state index is -3.31. The Labute approximate surface area is 65.3 Å². The number of hydrogen-bond acceptors (Lipinski definition) is 2. The number of hydrogen-bond donors (Lipinski definition) is 0. The Bertz CT molecular complexity index is 226. The van der Waals surface area contributed by atoms with E-state index >= 15 is 0 Å². The molecular weight excluding hydrogens is 172 g/mol. The molecule has 1 aliphatic carbocycles. The van der Waals surface area contributed by atoms with Gasteiger partial charge in [0.25, 0.3) is 0 Å². The van der Waals surface area contributed by atoms with Gasteiger partial charge in [-0.05, 0) is 18.8 Å². The maximum absolute atomic E-state index is 10.3. The Morgan fingerprint density at radius 2 is 2.10 bits per heavy atom. The first kappa shape index (κ1) is 8.08. The van der Waals surface area contributed by atoms with E-state index in [2.05, 4.69) is 0 Å². The molecule has 0 aromatic heterocycles. The van der Waals surface area contributed by atoms with Crippen LogP contribution in [0.15, 0.2) is 12.2 Å². The second-order valence-corrected chi connectivity index (χ2v) is 5.29. The van der Waals surface area contributed by atoms with Crippen molar-refractivity contribution >= 4 is 19.7 Å². The van der Waals surface area contributed by atoms with Crippen molar-refractivity contribution in [2.45, 2.75) is 12.8 Å². The summed E-state index contributed by atoms with van der Waals surface area (Å²) in [6.45, 7) is 0. The summed E-state index contributed by atoms with van der Waals surface area (Å²) in [5.74, 6) is 0.587. The van der Waals surface area contributed by atoms with Gasteiger partial charge in [0, 0.05) is 10.7 Å². The molecule has 4 heteroatoms. The number of rotatable bonds is 3. The lowest BCUT2D eigenvalue weighted by atomic mass is 10.4. The molecule has 0 saturated heterocycles. The van der Waals surface area contributed by atoms with Gasteiger partial charge in [0.1, 0.15) is 0 Å². The maximum atomic E-state index is 10.3. The van der Waals surface area contributed by atoms with Crippen LogP contribution >= 0.6 is 10.7 Å². The van der Waals surface area contributed by atoms with Crippen LogP contribution in [0.4, 0.5) is 0 Å². The van der Waals surface area contributed by atoms with E-state index in [4.69, 9.17) is 10.7 Å². The maximum Gasteiger partial charge on any atom is 0.236 e. The fourth-order valence-electron chi connectivity index (χ4n) is 0.652. The highest BCUT2D eigenvalue weighted by atomic mass is 35.7. The van der Waals surface area contributed by atoms with E-state index in [-0.39, 0.29) is 5.75 Å². The van der Waals surface area contributed by atoms with Crippen molar-refractivity contribution in [2.24, 2.45) is 5.92 Å². The van der Waals surface area contributed by atoms with Crippen molar-refractivity contribution in [1.82, 2.24) is 0 Å². The van der Waals surface area contributed by atoms with Crippen LogP contribution in [0.25, 0.3) is 0 Å². The van der Waals surface area contributed by atoms with E-state index in [1.165, 1.54) is 12.8 Å². The zero-order valence-corrected chi connectivity index (χ0v) is 7.03. The monoisotopic (exact) mass is 180 g/mol. The third kappa shape index (κ3) is 3.90. The van der Waals surface area contributed by atoms with Crippen molar-refractivity contribution in [1.29, 1.82) is 0 Å². The Balaban J connectivity index is 2.27. The van der Waals surface area contributed by atoms with Crippen molar-refractivity contribution in [3.8, 4) is 0 Å². The molecule has 0 heterocycles. The Morgan fingerprint density at radius 1 is 1.50 bits per heavy atom. The van der Waals surface area contributed by atoms with Gasteiger partial charge in [0.2, 0.25) is 9.05 Å². The third-order valence-electron chi connectivity index (χ3n) is 1.33. The predicted octanol–water partition coefficient (Wildman–Crippen LogP) is 1.52. The zero-order valence-electron chi connectivity index (χ0n) is 5.46. The molecule has 1 saturated carbocycles. The Kier molecular flexibility index (Phi) is 2.36. The van der Waals surface area contributed by atoms with Crippen LogP contribution in [-0.2, 0) is 9.05 Å². The van der Waals surface area contributed by atoms with Gasteiger partial charge >= 0.3 is 0 Å². The van der Waals surface area contributed by atoms with Crippen molar-refractivity contribution in [3.63, 3.8) is 0 Å². The van der Waals surface area contributed by atoms with E-state index in [1.807, 2.05) is 6.08 Å². The van der Waals surface area contributed by atoms with Crippen LogP contribution < -0.4 is 0 Å². The molecule has 10 heavy (non-hydrogen) atoms. The number of halogens is 1. The van der Waals surface area contributed by atoms with E-state index in [0.29, 0.717) is 5.92 Å². The molecule has 58 valence electrons. The fraction of sp³-hybridized carbons (Fsp3) is 0.667. The highest BCUT2D eigenvalue weighted by molar-refractivity contribution is 8.13. The highest BCUT2D eigenvalue weighted by Crippen LogP contribution is 2.29. The van der Waals surface area contributed by atoms with Crippen molar-refractivity contribution < 1.29 is 8.42 Å². The number of allylic oxidation sites excluding steroid dienone is 1. The quantitative estimate of drug-likeness (QED) is 0.488. The minimum absolute atomic E-state index is 0.0367. The molecule has 0 spiro atoms. The lowest BCUT2D eigenvalue weighted by molar-refractivity contribution is 0.612. The molecule has 0 aliphatic heterocycles. The lowest BCUT2D eigenvalue weighted by Crippen LogP contribution is -1.91. The third-order valence-corrected chi connectivity index (χ3v) is 2.29. The average Bonchev–Trinajstić information content (AvgIpc) is 2.45. The first-order valence-electron chi connectivity index (χ1n) is 3.17. The van der Waals surface area contributed by atoms with E-state index in [0.717, 1.165) is 0 Å². The molecule has 0 aromatic rings. The van der Waals surface area contributed by atoms with Gasteiger partial charge < -0.3 is 0 Å². The molecule has 0 unspecified atom stereocenters. The van der Waals surface area contributed by atoms with Gasteiger partial charge in [-0.1, -0.05) is 12.2 Å². The summed E-state index contributed by atoms with van der Waals surface area (Å²) < 4.78 is 20.7. The largest absolute Gasteiger partial charge is 0.236 e. The van der Waals surface area contributed by atoms with E-state index < -0.39 is 9.05 Å². The highest BCUT2D eigenvalue weighted by Gasteiger charge is 2.17. The summed E-state index contributed by atoms with van der Waals surface area (Å²) in [6, 6.07) is 0. The van der Waals surface area contributed by atoms with Crippen LogP contribution in [0, 0.1) is 5.92 Å². The molecule has 0 N–H and O–H groups in total. The summed E-state index contributed by atoms with van der Waals surface area (Å²) in [5.41, 5.74) is 0. The SMILES string of the molecule is O=S(=O)(Cl)CC=CC1CC1. The predicted molar refractivity (Wildman–Crippen MR) is 41.5 cm³/mol. The lowest BCUT2D eigenvalue weighted by Gasteiger charge is -1.84. The van der Waals surface area contributed by atoms with Crippen LogP contribution in [0.1, 0.15) is 12.8 Å². The molecule has 1 rings (SSSR count). The van der Waals surface area contributed by atoms with E-state index in [1.54, 1.807) is 6.08 Å². The molecule has 0 atom stereocenters. The molecule has 0 bridgehead atoms. The van der Waals surface area contributed by atoms with Crippen molar-refractivity contribution in [2.75, 3.05) is 5.75 Å². The van der Waals surface area contributed by atoms with Gasteiger partial charge in [-0.2, -0.15) is 0 Å². The summed E-state index contributed by atoms with van der Waals surface area (Å²) in [4.78, 5) is 0. The molecule has 2 nitrogen and oxygen atoms in total. The second kappa shape index (κ2) is 2.93. The van der Waals surface area contributed by atoms with Gasteiger partial charge in [-0.3, -0.25) is 0 Å². The smallest absolute Gasteiger partial charge is 0.212 e. The molecule has 0 aromatic carbocycles. The van der Waals surface area contributed by atoms with Crippen molar-refractivity contribution in [3.05, 3.63) is 12.2 Å². The summed E-state index contributed by atoms with van der Waals surface area (Å²) in [5, 5.41) is 0. The summed E-state index contributed by atoms with van der Waals surface area (Å²) in [7, 11) is 1.65. The van der Waals surface area contributed by atoms with Crippen LogP contribution in [0.2, 0.25) is 0 Å². The topological polar surface area (TPSA) is 34.1 Å². The van der Waals surface area contributed by atoms with Gasteiger partial charge in [-0.15, -0.1) is 0 Å². The standard InChI is InChI=1S/C6H9ClO2S/c7-10(8,9)5-1-2-6-3-4-6/h1-2,6H,3-5H2. The van der Waals surface area contributed by atoms with Crippen LogP contribution in [0.3, 0.4) is 0 Å². The Hall–Kier alpha value is -0.0200. The zero-order chi connectivity index (χ0) is 7.61. The second-order valence-electron chi connectivity index (χ2n) is 2.47. The molecule has 1 fully saturated rings. The summed E-state index contributed by atoms with van der Waals surface area (Å²) >= 11 is 0. The molecule has 0 amide bonds. The minimum Gasteiger partial charge on any atom is -0.212 e. The van der Waals surface area contributed by atoms with Crippen LogP contribution in [0.5, 0.6) is 0 Å². The molecular formula is C6H9ClO2S. The Morgan fingerprint density at radius 3 is 2.50 bits per heavy atom. The molecule has 0 radical (unpaired) electrons.